The Bertz CT molecular complexity index is 1110. The Morgan fingerprint density at radius 3 is 2.86 bits per heavy atom. The highest BCUT2D eigenvalue weighted by molar-refractivity contribution is 7.13. The highest BCUT2D eigenvalue weighted by Crippen LogP contribution is 2.36. The molecule has 0 atom stereocenters. The van der Waals surface area contributed by atoms with Crippen molar-refractivity contribution in [2.24, 2.45) is 5.73 Å². The van der Waals surface area contributed by atoms with Gasteiger partial charge in [0.1, 0.15) is 23.1 Å². The van der Waals surface area contributed by atoms with Gasteiger partial charge in [0, 0.05) is 18.0 Å². The second kappa shape index (κ2) is 7.56. The zero-order chi connectivity index (χ0) is 20.5. The van der Waals surface area contributed by atoms with Crippen LogP contribution in [0.1, 0.15) is 26.4 Å². The van der Waals surface area contributed by atoms with E-state index in [0.717, 1.165) is 29.1 Å². The zero-order valence-electron chi connectivity index (χ0n) is 16.1. The molecule has 0 saturated heterocycles. The summed E-state index contributed by atoms with van der Waals surface area (Å²) in [6, 6.07) is 11.0. The molecule has 7 nitrogen and oxygen atoms in total. The number of fused-ring (bicyclic) bond motifs is 1. The number of rotatable bonds is 4. The van der Waals surface area contributed by atoms with Gasteiger partial charge in [0.2, 0.25) is 0 Å². The summed E-state index contributed by atoms with van der Waals surface area (Å²) in [6.07, 6.45) is 0. The summed E-state index contributed by atoms with van der Waals surface area (Å²) >= 11 is 1.37. The van der Waals surface area contributed by atoms with E-state index in [-0.39, 0.29) is 11.3 Å². The number of aryl methyl sites for hydroxylation is 1. The standard InChI is InChI=1S/C21H20N4O3S/c1-12-3-5-14(19(22)26)15(9-12)23-20(27)16-11-29-21(24-16)13-4-6-17-18(10-13)28-8-7-25(17)2/h3-6,9-11H,7-8H2,1-2H3,(H2,22,26)(H,23,27). The first kappa shape index (κ1) is 18.9. The van der Waals surface area contributed by atoms with E-state index < -0.39 is 11.8 Å². The minimum atomic E-state index is -0.599. The number of likely N-dealkylation sites (N-methyl/N-ethyl adjacent to an activating group) is 1. The highest BCUT2D eigenvalue weighted by Gasteiger charge is 2.19. The van der Waals surface area contributed by atoms with Crippen molar-refractivity contribution in [3.8, 4) is 16.3 Å². The van der Waals surface area contributed by atoms with Crippen LogP contribution in [0.15, 0.2) is 41.8 Å². The van der Waals surface area contributed by atoms with Crippen LogP contribution >= 0.6 is 11.3 Å². The number of ether oxygens (including phenoxy) is 1. The van der Waals surface area contributed by atoms with Crippen LogP contribution in [0.25, 0.3) is 10.6 Å². The monoisotopic (exact) mass is 408 g/mol. The molecule has 2 heterocycles. The van der Waals surface area contributed by atoms with E-state index in [2.05, 4.69) is 15.2 Å². The number of thiazole rings is 1. The highest BCUT2D eigenvalue weighted by atomic mass is 32.1. The van der Waals surface area contributed by atoms with Gasteiger partial charge in [0.25, 0.3) is 11.8 Å². The lowest BCUT2D eigenvalue weighted by molar-refractivity contribution is 0.100. The smallest absolute Gasteiger partial charge is 0.275 e. The minimum absolute atomic E-state index is 0.260. The summed E-state index contributed by atoms with van der Waals surface area (Å²) in [5.74, 6) is -0.184. The maximum atomic E-state index is 12.7. The molecule has 2 amide bonds. The maximum Gasteiger partial charge on any atom is 0.275 e. The summed E-state index contributed by atoms with van der Waals surface area (Å²) < 4.78 is 5.75. The molecule has 0 aliphatic carbocycles. The number of aromatic nitrogens is 1. The van der Waals surface area contributed by atoms with Gasteiger partial charge in [-0.25, -0.2) is 4.98 Å². The third-order valence-corrected chi connectivity index (χ3v) is 5.62. The van der Waals surface area contributed by atoms with Crippen LogP contribution in [0.2, 0.25) is 0 Å². The largest absolute Gasteiger partial charge is 0.490 e. The van der Waals surface area contributed by atoms with Gasteiger partial charge in [-0.15, -0.1) is 11.3 Å². The molecule has 1 aromatic heterocycles. The molecule has 148 valence electrons. The summed E-state index contributed by atoms with van der Waals surface area (Å²) in [5.41, 5.74) is 9.14. The van der Waals surface area contributed by atoms with Gasteiger partial charge in [-0.05, 0) is 42.8 Å². The van der Waals surface area contributed by atoms with Crippen molar-refractivity contribution in [2.75, 3.05) is 30.4 Å². The van der Waals surface area contributed by atoms with Crippen molar-refractivity contribution in [2.45, 2.75) is 6.92 Å². The van der Waals surface area contributed by atoms with Crippen molar-refractivity contribution < 1.29 is 14.3 Å². The van der Waals surface area contributed by atoms with Crippen molar-refractivity contribution in [3.63, 3.8) is 0 Å². The molecule has 0 bridgehead atoms. The number of nitrogens with one attached hydrogen (secondary N) is 1. The number of hydrogen-bond donors (Lipinski definition) is 2. The molecule has 1 aliphatic rings. The Morgan fingerprint density at radius 1 is 1.24 bits per heavy atom. The number of anilines is 2. The fraction of sp³-hybridized carbons (Fsp3) is 0.190. The molecule has 0 radical (unpaired) electrons. The zero-order valence-corrected chi connectivity index (χ0v) is 16.9. The summed E-state index contributed by atoms with van der Waals surface area (Å²) in [5, 5.41) is 5.15. The SMILES string of the molecule is Cc1ccc(C(N)=O)c(NC(=O)c2csc(-c3ccc4c(c3)OCCN4C)n2)c1. The molecule has 0 unspecified atom stereocenters. The van der Waals surface area contributed by atoms with Crippen molar-refractivity contribution in [1.82, 2.24) is 4.98 Å². The Morgan fingerprint density at radius 2 is 2.07 bits per heavy atom. The first-order valence-electron chi connectivity index (χ1n) is 9.08. The van der Waals surface area contributed by atoms with Crippen LogP contribution in [0.3, 0.4) is 0 Å². The second-order valence-corrected chi connectivity index (χ2v) is 7.72. The van der Waals surface area contributed by atoms with E-state index >= 15 is 0 Å². The summed E-state index contributed by atoms with van der Waals surface area (Å²) in [4.78, 5) is 30.9. The van der Waals surface area contributed by atoms with E-state index in [1.54, 1.807) is 23.6 Å². The first-order chi connectivity index (χ1) is 13.9. The van der Waals surface area contributed by atoms with Gasteiger partial charge in [-0.2, -0.15) is 0 Å². The lowest BCUT2D eigenvalue weighted by atomic mass is 10.1. The Kier molecular flexibility index (Phi) is 4.94. The topological polar surface area (TPSA) is 97.5 Å². The van der Waals surface area contributed by atoms with Crippen molar-refractivity contribution in [1.29, 1.82) is 0 Å². The van der Waals surface area contributed by atoms with Crippen LogP contribution in [0.5, 0.6) is 5.75 Å². The van der Waals surface area contributed by atoms with Crippen LogP contribution in [-0.2, 0) is 0 Å². The van der Waals surface area contributed by atoms with E-state index in [4.69, 9.17) is 10.5 Å². The van der Waals surface area contributed by atoms with E-state index in [0.29, 0.717) is 17.3 Å². The molecule has 3 aromatic rings. The second-order valence-electron chi connectivity index (χ2n) is 6.86. The predicted molar refractivity (Wildman–Crippen MR) is 114 cm³/mol. The van der Waals surface area contributed by atoms with Crippen LogP contribution < -0.4 is 20.7 Å². The quantitative estimate of drug-likeness (QED) is 0.690. The van der Waals surface area contributed by atoms with E-state index in [9.17, 15) is 9.59 Å². The van der Waals surface area contributed by atoms with Crippen LogP contribution in [-0.4, -0.2) is 37.0 Å². The van der Waals surface area contributed by atoms with Gasteiger partial charge in [-0.3, -0.25) is 9.59 Å². The van der Waals surface area contributed by atoms with Crippen LogP contribution in [0.4, 0.5) is 11.4 Å². The van der Waals surface area contributed by atoms with Crippen LogP contribution in [0, 0.1) is 6.92 Å². The molecule has 0 spiro atoms. The normalized spacial score (nSPS) is 12.8. The summed E-state index contributed by atoms with van der Waals surface area (Å²) in [6.45, 7) is 3.36. The molecular weight excluding hydrogens is 388 g/mol. The minimum Gasteiger partial charge on any atom is -0.490 e. The van der Waals surface area contributed by atoms with Crippen molar-refractivity contribution >= 4 is 34.5 Å². The lowest BCUT2D eigenvalue weighted by Gasteiger charge is -2.27. The maximum absolute atomic E-state index is 12.7. The van der Waals surface area contributed by atoms with Crippen molar-refractivity contribution in [3.05, 3.63) is 58.6 Å². The van der Waals surface area contributed by atoms with Gasteiger partial charge in [0.05, 0.1) is 23.5 Å². The predicted octanol–water partition coefficient (Wildman–Crippen LogP) is 3.30. The molecule has 0 fully saturated rings. The third kappa shape index (κ3) is 3.79. The Hall–Kier alpha value is -3.39. The number of nitrogens with two attached hydrogens (primary N) is 1. The number of nitrogens with zero attached hydrogens (tertiary/aromatic N) is 2. The molecular formula is C21H20N4O3S. The first-order valence-corrected chi connectivity index (χ1v) is 9.96. The van der Waals surface area contributed by atoms with Gasteiger partial charge in [-0.1, -0.05) is 6.07 Å². The molecule has 3 N–H and O–H groups in total. The molecule has 4 rings (SSSR count). The number of carbonyl (C=O) groups excluding carboxylic acids is 2. The molecule has 1 aliphatic heterocycles. The number of amides is 2. The molecule has 2 aromatic carbocycles. The van der Waals surface area contributed by atoms with E-state index in [1.165, 1.54) is 11.3 Å². The molecule has 0 saturated carbocycles. The molecule has 8 heteroatoms. The number of benzene rings is 2. The van der Waals surface area contributed by atoms with Gasteiger partial charge in [0.15, 0.2) is 0 Å². The third-order valence-electron chi connectivity index (χ3n) is 4.73. The number of hydrogen-bond acceptors (Lipinski definition) is 6. The Labute approximate surface area is 172 Å². The van der Waals surface area contributed by atoms with E-state index in [1.807, 2.05) is 32.2 Å². The average Bonchev–Trinajstić information content (AvgIpc) is 3.18. The average molecular weight is 408 g/mol. The fourth-order valence-electron chi connectivity index (χ4n) is 3.16. The van der Waals surface area contributed by atoms with Gasteiger partial charge >= 0.3 is 0 Å². The lowest BCUT2D eigenvalue weighted by Crippen LogP contribution is -2.28. The Balaban J connectivity index is 1.58. The summed E-state index contributed by atoms with van der Waals surface area (Å²) in [7, 11) is 2.03. The number of primary amides is 1. The fourth-order valence-corrected chi connectivity index (χ4v) is 3.96. The van der Waals surface area contributed by atoms with Gasteiger partial charge < -0.3 is 20.7 Å². The number of carbonyl (C=O) groups is 2. The molecule has 29 heavy (non-hydrogen) atoms.